The average molecular weight is 300 g/mol. The van der Waals surface area contributed by atoms with Gasteiger partial charge in [0.2, 0.25) is 0 Å². The van der Waals surface area contributed by atoms with Gasteiger partial charge in [-0.15, -0.1) is 0 Å². The van der Waals surface area contributed by atoms with E-state index in [1.807, 2.05) is 12.1 Å². The first-order chi connectivity index (χ1) is 8.01. The van der Waals surface area contributed by atoms with Crippen LogP contribution in [0.25, 0.3) is 0 Å². The molecule has 0 heterocycles. The Morgan fingerprint density at radius 2 is 1.88 bits per heavy atom. The van der Waals surface area contributed by atoms with Crippen LogP contribution in [0.2, 0.25) is 0 Å². The minimum Gasteiger partial charge on any atom is -0.389 e. The second kappa shape index (κ2) is 6.41. The number of halogens is 1. The molecule has 1 aromatic rings. The minimum absolute atomic E-state index is 0.418. The van der Waals surface area contributed by atoms with Crippen molar-refractivity contribution in [3.05, 3.63) is 28.2 Å². The molecule has 0 amide bonds. The van der Waals surface area contributed by atoms with Crippen LogP contribution in [0.1, 0.15) is 45.3 Å². The van der Waals surface area contributed by atoms with Crippen molar-refractivity contribution in [1.82, 2.24) is 0 Å². The molecule has 2 nitrogen and oxygen atoms in total. The Morgan fingerprint density at radius 3 is 2.29 bits per heavy atom. The molecular weight excluding hydrogens is 278 g/mol. The molecule has 96 valence electrons. The molecule has 1 aromatic carbocycles. The lowest BCUT2D eigenvalue weighted by Crippen LogP contribution is -2.30. The smallest absolute Gasteiger partial charge is 0.0762 e. The highest BCUT2D eigenvalue weighted by Crippen LogP contribution is 2.30. The van der Waals surface area contributed by atoms with E-state index in [1.165, 1.54) is 5.69 Å². The molecule has 0 aliphatic rings. The van der Waals surface area contributed by atoms with Gasteiger partial charge in [-0.05, 0) is 53.4 Å². The van der Waals surface area contributed by atoms with E-state index in [-0.39, 0.29) is 0 Å². The normalized spacial score (nSPS) is 12.9. The van der Waals surface area contributed by atoms with Gasteiger partial charge in [0.25, 0.3) is 0 Å². The van der Waals surface area contributed by atoms with Crippen molar-refractivity contribution in [1.29, 1.82) is 0 Å². The standard InChI is InChI=1S/C14H22BrNO/c1-5-12(6-2)16(4)14-8-7-11(10(3)17)9-13(14)15/h7-10,12,17H,5-6H2,1-4H3/t10-/m0/s1. The van der Waals surface area contributed by atoms with Gasteiger partial charge in [0, 0.05) is 17.6 Å². The molecule has 3 heteroatoms. The van der Waals surface area contributed by atoms with Crippen LogP contribution in [0, 0.1) is 0 Å². The van der Waals surface area contributed by atoms with Gasteiger partial charge in [-0.2, -0.15) is 0 Å². The first kappa shape index (κ1) is 14.5. The fourth-order valence-corrected chi connectivity index (χ4v) is 2.78. The molecule has 0 saturated carbocycles. The Bertz CT molecular complexity index is 361. The quantitative estimate of drug-likeness (QED) is 0.884. The lowest BCUT2D eigenvalue weighted by molar-refractivity contribution is 0.199. The number of hydrogen-bond acceptors (Lipinski definition) is 2. The van der Waals surface area contributed by atoms with E-state index >= 15 is 0 Å². The monoisotopic (exact) mass is 299 g/mol. The van der Waals surface area contributed by atoms with E-state index in [1.54, 1.807) is 6.92 Å². The number of nitrogens with zero attached hydrogens (tertiary/aromatic N) is 1. The Morgan fingerprint density at radius 1 is 1.29 bits per heavy atom. The Hall–Kier alpha value is -0.540. The summed E-state index contributed by atoms with van der Waals surface area (Å²) < 4.78 is 1.05. The highest BCUT2D eigenvalue weighted by molar-refractivity contribution is 9.10. The number of aliphatic hydroxyl groups excluding tert-OH is 1. The number of anilines is 1. The van der Waals surface area contributed by atoms with Crippen molar-refractivity contribution in [2.75, 3.05) is 11.9 Å². The topological polar surface area (TPSA) is 23.5 Å². The van der Waals surface area contributed by atoms with Gasteiger partial charge in [0.05, 0.1) is 11.8 Å². The van der Waals surface area contributed by atoms with Gasteiger partial charge < -0.3 is 10.0 Å². The van der Waals surface area contributed by atoms with Crippen LogP contribution < -0.4 is 4.90 Å². The highest BCUT2D eigenvalue weighted by atomic mass is 79.9. The van der Waals surface area contributed by atoms with Crippen LogP contribution >= 0.6 is 15.9 Å². The molecule has 0 saturated heterocycles. The van der Waals surface area contributed by atoms with Gasteiger partial charge >= 0.3 is 0 Å². The van der Waals surface area contributed by atoms with E-state index in [0.717, 1.165) is 22.9 Å². The summed E-state index contributed by atoms with van der Waals surface area (Å²) in [6.07, 6.45) is 1.86. The van der Waals surface area contributed by atoms with E-state index in [2.05, 4.69) is 47.8 Å². The van der Waals surface area contributed by atoms with Crippen molar-refractivity contribution in [3.63, 3.8) is 0 Å². The number of benzene rings is 1. The third-order valence-corrected chi connectivity index (χ3v) is 3.96. The molecule has 17 heavy (non-hydrogen) atoms. The van der Waals surface area contributed by atoms with Crippen molar-refractivity contribution in [2.24, 2.45) is 0 Å². The van der Waals surface area contributed by atoms with Crippen LogP contribution in [-0.2, 0) is 0 Å². The maximum atomic E-state index is 9.54. The van der Waals surface area contributed by atoms with Crippen LogP contribution in [0.3, 0.4) is 0 Å². The molecule has 1 rings (SSSR count). The highest BCUT2D eigenvalue weighted by Gasteiger charge is 2.14. The van der Waals surface area contributed by atoms with Gasteiger partial charge in [-0.1, -0.05) is 19.9 Å². The first-order valence-corrected chi connectivity index (χ1v) is 7.00. The molecule has 0 unspecified atom stereocenters. The first-order valence-electron chi connectivity index (χ1n) is 6.21. The number of rotatable bonds is 5. The average Bonchev–Trinajstić information content (AvgIpc) is 2.30. The van der Waals surface area contributed by atoms with E-state index in [0.29, 0.717) is 6.04 Å². The third kappa shape index (κ3) is 3.46. The Kier molecular flexibility index (Phi) is 5.47. The Balaban J connectivity index is 2.99. The number of hydrogen-bond donors (Lipinski definition) is 1. The summed E-state index contributed by atoms with van der Waals surface area (Å²) in [7, 11) is 2.12. The molecular formula is C14H22BrNO. The zero-order valence-corrected chi connectivity index (χ0v) is 12.7. The lowest BCUT2D eigenvalue weighted by Gasteiger charge is -2.29. The maximum Gasteiger partial charge on any atom is 0.0762 e. The summed E-state index contributed by atoms with van der Waals surface area (Å²) in [4.78, 5) is 2.30. The van der Waals surface area contributed by atoms with Crippen LogP contribution in [0.4, 0.5) is 5.69 Å². The van der Waals surface area contributed by atoms with Crippen LogP contribution in [-0.4, -0.2) is 18.2 Å². The van der Waals surface area contributed by atoms with Gasteiger partial charge in [-0.3, -0.25) is 0 Å². The minimum atomic E-state index is -0.418. The third-order valence-electron chi connectivity index (χ3n) is 3.32. The van der Waals surface area contributed by atoms with Crippen molar-refractivity contribution >= 4 is 21.6 Å². The number of aliphatic hydroxyl groups is 1. The Labute approximate surface area is 113 Å². The van der Waals surface area contributed by atoms with E-state index < -0.39 is 6.10 Å². The van der Waals surface area contributed by atoms with E-state index in [9.17, 15) is 5.11 Å². The van der Waals surface area contributed by atoms with Crippen molar-refractivity contribution < 1.29 is 5.11 Å². The van der Waals surface area contributed by atoms with Gasteiger partial charge in [-0.25, -0.2) is 0 Å². The van der Waals surface area contributed by atoms with Gasteiger partial charge in [0.15, 0.2) is 0 Å². The predicted molar refractivity (Wildman–Crippen MR) is 77.5 cm³/mol. The fraction of sp³-hybridized carbons (Fsp3) is 0.571. The van der Waals surface area contributed by atoms with Gasteiger partial charge in [0.1, 0.15) is 0 Å². The predicted octanol–water partition coefficient (Wildman–Crippen LogP) is 4.13. The summed E-state index contributed by atoms with van der Waals surface area (Å²) in [5, 5.41) is 9.54. The second-order valence-electron chi connectivity index (χ2n) is 4.47. The molecule has 0 aliphatic carbocycles. The van der Waals surface area contributed by atoms with E-state index in [4.69, 9.17) is 0 Å². The van der Waals surface area contributed by atoms with Crippen molar-refractivity contribution in [2.45, 2.75) is 45.8 Å². The zero-order chi connectivity index (χ0) is 13.0. The second-order valence-corrected chi connectivity index (χ2v) is 5.32. The SMILES string of the molecule is CCC(CC)N(C)c1ccc([C@H](C)O)cc1Br. The summed E-state index contributed by atoms with van der Waals surface area (Å²) in [6, 6.07) is 6.62. The molecule has 1 N–H and O–H groups in total. The molecule has 0 radical (unpaired) electrons. The summed E-state index contributed by atoms with van der Waals surface area (Å²) in [5.41, 5.74) is 2.13. The van der Waals surface area contributed by atoms with Crippen LogP contribution in [0.5, 0.6) is 0 Å². The molecule has 1 atom stereocenters. The maximum absolute atomic E-state index is 9.54. The zero-order valence-electron chi connectivity index (χ0n) is 11.1. The summed E-state index contributed by atoms with van der Waals surface area (Å²) in [6.45, 7) is 6.21. The molecule has 0 aliphatic heterocycles. The molecule has 0 spiro atoms. The largest absolute Gasteiger partial charge is 0.389 e. The fourth-order valence-electron chi connectivity index (χ4n) is 2.10. The molecule has 0 bridgehead atoms. The molecule has 0 fully saturated rings. The summed E-state index contributed by atoms with van der Waals surface area (Å²) in [5.74, 6) is 0. The van der Waals surface area contributed by atoms with Crippen LogP contribution in [0.15, 0.2) is 22.7 Å². The lowest BCUT2D eigenvalue weighted by atomic mass is 10.1. The molecule has 0 aromatic heterocycles. The van der Waals surface area contributed by atoms with Crippen molar-refractivity contribution in [3.8, 4) is 0 Å². The summed E-state index contributed by atoms with van der Waals surface area (Å²) >= 11 is 3.59.